The van der Waals surface area contributed by atoms with Crippen LogP contribution in [0.1, 0.15) is 24.0 Å². The molecule has 0 radical (unpaired) electrons. The Hall–Kier alpha value is -1.66. The van der Waals surface area contributed by atoms with Crippen LogP contribution in [0.15, 0.2) is 24.5 Å². The van der Waals surface area contributed by atoms with E-state index in [1.807, 2.05) is 12.3 Å². The number of pyridine rings is 1. The summed E-state index contributed by atoms with van der Waals surface area (Å²) in [6.45, 7) is 2.20. The van der Waals surface area contributed by atoms with Crippen molar-refractivity contribution in [1.82, 2.24) is 10.3 Å². The Morgan fingerprint density at radius 1 is 1.38 bits per heavy atom. The van der Waals surface area contributed by atoms with Crippen LogP contribution in [-0.4, -0.2) is 18.1 Å². The maximum absolute atomic E-state index is 8.85. The van der Waals surface area contributed by atoms with Crippen molar-refractivity contribution >= 4 is 5.57 Å². The Kier molecular flexibility index (Phi) is 2.05. The van der Waals surface area contributed by atoms with Crippen LogP contribution in [0.4, 0.5) is 0 Å². The van der Waals surface area contributed by atoms with Crippen molar-refractivity contribution in [2.75, 3.05) is 13.1 Å². The van der Waals surface area contributed by atoms with Crippen LogP contribution in [-0.2, 0) is 0 Å². The van der Waals surface area contributed by atoms with Gasteiger partial charge in [-0.3, -0.25) is 4.98 Å². The summed E-state index contributed by atoms with van der Waals surface area (Å²) in [6, 6.07) is 4.07. The molecule has 1 aromatic heterocycles. The summed E-state index contributed by atoms with van der Waals surface area (Å²) in [4.78, 5) is 4.11. The van der Waals surface area contributed by atoms with Gasteiger partial charge in [-0.05, 0) is 30.0 Å². The lowest BCUT2D eigenvalue weighted by molar-refractivity contribution is 0.236. The minimum atomic E-state index is 0.401. The van der Waals surface area contributed by atoms with Crippen molar-refractivity contribution in [2.45, 2.75) is 12.8 Å². The molecule has 1 fully saturated rings. The summed E-state index contributed by atoms with van der Waals surface area (Å²) in [5.41, 5.74) is 3.51. The molecule has 0 aromatic carbocycles. The average molecular weight is 211 g/mol. The predicted molar refractivity (Wildman–Crippen MR) is 61.5 cm³/mol. The number of hydrogen-bond acceptors (Lipinski definition) is 3. The van der Waals surface area contributed by atoms with E-state index in [2.05, 4.69) is 22.4 Å². The molecule has 80 valence electrons. The van der Waals surface area contributed by atoms with Crippen molar-refractivity contribution in [3.63, 3.8) is 0 Å². The number of allylic oxidation sites excluding steroid dienone is 1. The summed E-state index contributed by atoms with van der Waals surface area (Å²) in [6.07, 6.45) is 8.18. The largest absolute Gasteiger partial charge is 0.315 e. The van der Waals surface area contributed by atoms with Gasteiger partial charge in [0.25, 0.3) is 0 Å². The lowest BCUT2D eigenvalue weighted by Crippen LogP contribution is -2.50. The molecule has 2 aliphatic rings. The third kappa shape index (κ3) is 1.43. The zero-order chi connectivity index (χ0) is 11.0. The lowest BCUT2D eigenvalue weighted by atomic mass is 9.82. The second-order valence-electron chi connectivity index (χ2n) is 4.71. The van der Waals surface area contributed by atoms with Crippen molar-refractivity contribution in [3.8, 4) is 6.07 Å². The van der Waals surface area contributed by atoms with E-state index in [1.54, 1.807) is 6.20 Å². The van der Waals surface area contributed by atoms with Crippen LogP contribution in [0.5, 0.6) is 0 Å². The number of nitrogens with one attached hydrogen (secondary N) is 1. The molecule has 1 spiro atoms. The molecule has 16 heavy (non-hydrogen) atoms. The number of aromatic nitrogens is 1. The molecule has 0 amide bonds. The van der Waals surface area contributed by atoms with Gasteiger partial charge in [0.05, 0.1) is 5.56 Å². The Bertz CT molecular complexity index is 492. The summed E-state index contributed by atoms with van der Waals surface area (Å²) in [5.74, 6) is 0. The quantitative estimate of drug-likeness (QED) is 0.769. The van der Waals surface area contributed by atoms with E-state index in [1.165, 1.54) is 12.0 Å². The van der Waals surface area contributed by atoms with Gasteiger partial charge in [0, 0.05) is 30.9 Å². The molecule has 1 saturated heterocycles. The fourth-order valence-corrected chi connectivity index (χ4v) is 2.53. The normalized spacial score (nSPS) is 21.3. The first-order valence-electron chi connectivity index (χ1n) is 5.59. The lowest BCUT2D eigenvalue weighted by Gasteiger charge is -2.37. The Balaban J connectivity index is 1.93. The molecule has 3 heteroatoms. The highest BCUT2D eigenvalue weighted by molar-refractivity contribution is 5.69. The standard InChI is InChI=1S/C13H13N3/c14-5-10-3-12(7-15-6-10)11-1-2-13(4-11)8-16-9-13/h3-4,6-7,16H,1-2,8-9H2. The van der Waals surface area contributed by atoms with Crippen molar-refractivity contribution < 1.29 is 0 Å². The fraction of sp³-hybridized carbons (Fsp3) is 0.385. The Morgan fingerprint density at radius 3 is 2.88 bits per heavy atom. The van der Waals surface area contributed by atoms with Gasteiger partial charge in [-0.1, -0.05) is 6.08 Å². The van der Waals surface area contributed by atoms with Crippen LogP contribution in [0, 0.1) is 16.7 Å². The Morgan fingerprint density at radius 2 is 2.25 bits per heavy atom. The molecular formula is C13H13N3. The minimum Gasteiger partial charge on any atom is -0.315 e. The monoisotopic (exact) mass is 211 g/mol. The summed E-state index contributed by atoms with van der Waals surface area (Å²) < 4.78 is 0. The van der Waals surface area contributed by atoms with Gasteiger partial charge in [0.15, 0.2) is 0 Å². The molecule has 3 rings (SSSR count). The number of rotatable bonds is 1. The second-order valence-corrected chi connectivity index (χ2v) is 4.71. The van der Waals surface area contributed by atoms with Crippen LogP contribution < -0.4 is 5.32 Å². The minimum absolute atomic E-state index is 0.401. The third-order valence-electron chi connectivity index (χ3n) is 3.56. The zero-order valence-electron chi connectivity index (χ0n) is 9.03. The highest BCUT2D eigenvalue weighted by Gasteiger charge is 2.38. The van der Waals surface area contributed by atoms with Gasteiger partial charge < -0.3 is 5.32 Å². The van der Waals surface area contributed by atoms with Crippen LogP contribution >= 0.6 is 0 Å². The third-order valence-corrected chi connectivity index (χ3v) is 3.56. The van der Waals surface area contributed by atoms with E-state index in [0.29, 0.717) is 11.0 Å². The molecule has 1 aliphatic heterocycles. The maximum Gasteiger partial charge on any atom is 0.101 e. The summed E-state index contributed by atoms with van der Waals surface area (Å²) in [7, 11) is 0. The molecular weight excluding hydrogens is 198 g/mol. The Labute approximate surface area is 94.8 Å². The van der Waals surface area contributed by atoms with E-state index in [4.69, 9.17) is 5.26 Å². The van der Waals surface area contributed by atoms with E-state index in [-0.39, 0.29) is 0 Å². The van der Waals surface area contributed by atoms with Gasteiger partial charge >= 0.3 is 0 Å². The van der Waals surface area contributed by atoms with Gasteiger partial charge in [-0.25, -0.2) is 0 Å². The smallest absolute Gasteiger partial charge is 0.101 e. The molecule has 3 nitrogen and oxygen atoms in total. The maximum atomic E-state index is 8.85. The zero-order valence-corrected chi connectivity index (χ0v) is 9.03. The highest BCUT2D eigenvalue weighted by atomic mass is 15.0. The number of nitriles is 1. The summed E-state index contributed by atoms with van der Waals surface area (Å²) in [5, 5.41) is 12.2. The molecule has 0 bridgehead atoms. The van der Waals surface area contributed by atoms with Crippen molar-refractivity contribution in [3.05, 3.63) is 35.7 Å². The van der Waals surface area contributed by atoms with E-state index < -0.39 is 0 Å². The summed E-state index contributed by atoms with van der Waals surface area (Å²) >= 11 is 0. The van der Waals surface area contributed by atoms with Crippen LogP contribution in [0.2, 0.25) is 0 Å². The van der Waals surface area contributed by atoms with Gasteiger partial charge in [0.2, 0.25) is 0 Å². The molecule has 1 aromatic rings. The first kappa shape index (κ1) is 9.56. The van der Waals surface area contributed by atoms with E-state index in [0.717, 1.165) is 25.1 Å². The molecule has 0 atom stereocenters. The number of nitrogens with zero attached hydrogens (tertiary/aromatic N) is 2. The number of hydrogen-bond donors (Lipinski definition) is 1. The second kappa shape index (κ2) is 3.43. The van der Waals surface area contributed by atoms with E-state index in [9.17, 15) is 0 Å². The first-order valence-corrected chi connectivity index (χ1v) is 5.59. The fourth-order valence-electron chi connectivity index (χ4n) is 2.53. The SMILES string of the molecule is N#Cc1cncc(C2=CC3(CC2)CNC3)c1. The molecule has 1 aliphatic carbocycles. The van der Waals surface area contributed by atoms with Gasteiger partial charge in [-0.15, -0.1) is 0 Å². The van der Waals surface area contributed by atoms with Crippen LogP contribution in [0.25, 0.3) is 5.57 Å². The highest BCUT2D eigenvalue weighted by Crippen LogP contribution is 2.42. The molecule has 1 N–H and O–H groups in total. The van der Waals surface area contributed by atoms with E-state index >= 15 is 0 Å². The molecule has 0 saturated carbocycles. The first-order chi connectivity index (χ1) is 7.81. The average Bonchev–Trinajstić information content (AvgIpc) is 2.74. The van der Waals surface area contributed by atoms with Gasteiger partial charge in [-0.2, -0.15) is 5.26 Å². The molecule has 0 unspecified atom stereocenters. The predicted octanol–water partition coefficient (Wildman–Crippen LogP) is 1.72. The van der Waals surface area contributed by atoms with Crippen molar-refractivity contribution in [2.24, 2.45) is 5.41 Å². The molecule has 2 heterocycles. The van der Waals surface area contributed by atoms with Crippen LogP contribution in [0.3, 0.4) is 0 Å². The topological polar surface area (TPSA) is 48.7 Å². The van der Waals surface area contributed by atoms with Crippen molar-refractivity contribution in [1.29, 1.82) is 5.26 Å². The van der Waals surface area contributed by atoms with Gasteiger partial charge in [0.1, 0.15) is 6.07 Å².